The highest BCUT2D eigenvalue weighted by molar-refractivity contribution is 5.98. The van der Waals surface area contributed by atoms with E-state index in [4.69, 9.17) is 5.73 Å². The number of pyridine rings is 1. The lowest BCUT2D eigenvalue weighted by Crippen LogP contribution is -2.49. The van der Waals surface area contributed by atoms with E-state index in [0.717, 1.165) is 85.0 Å². The van der Waals surface area contributed by atoms with E-state index in [1.54, 1.807) is 12.3 Å². The normalized spacial score (nSPS) is 14.1. The number of aromatic nitrogens is 1. The molecule has 37 heavy (non-hydrogen) atoms. The number of nitrogens with two attached hydrogens (primary N) is 1. The summed E-state index contributed by atoms with van der Waals surface area (Å²) in [5, 5.41) is 15.9. The zero-order chi connectivity index (χ0) is 25.6. The Morgan fingerprint density at radius 1 is 1.00 bits per heavy atom. The van der Waals surface area contributed by atoms with Crippen LogP contribution in [0.1, 0.15) is 27.9 Å². The van der Waals surface area contributed by atoms with Gasteiger partial charge < -0.3 is 16.0 Å². The standard InChI is InChI=1S/C30H32N6O/c31-10-1-13-35-14-16-36(17-15-35)30(37)26-6-5-24-18-22(2-4-25(24)20-26)8-11-33-29-9-12-34-28-7-3-23(21-32)19-27(28)29/h2-7,9,12,18-20H,1,8,10-11,13-17,31H2,(H,33,34). The van der Waals surface area contributed by atoms with E-state index in [9.17, 15) is 10.1 Å². The van der Waals surface area contributed by atoms with Crippen LogP contribution in [0.4, 0.5) is 5.69 Å². The summed E-state index contributed by atoms with van der Waals surface area (Å²) in [6.07, 6.45) is 3.64. The van der Waals surface area contributed by atoms with Crippen molar-refractivity contribution in [1.29, 1.82) is 5.26 Å². The maximum atomic E-state index is 13.1. The number of carbonyl (C=O) groups is 1. The molecule has 0 aliphatic carbocycles. The van der Waals surface area contributed by atoms with Gasteiger partial charge in [0.1, 0.15) is 0 Å². The van der Waals surface area contributed by atoms with Gasteiger partial charge in [0.05, 0.1) is 17.1 Å². The van der Waals surface area contributed by atoms with Crippen molar-refractivity contribution < 1.29 is 4.79 Å². The van der Waals surface area contributed by atoms with Gasteiger partial charge in [-0.3, -0.25) is 14.7 Å². The topological polar surface area (TPSA) is 98.3 Å². The number of fused-ring (bicyclic) bond motifs is 2. The molecule has 7 nitrogen and oxygen atoms in total. The van der Waals surface area contributed by atoms with E-state index < -0.39 is 0 Å². The Bertz CT molecular complexity index is 1450. The van der Waals surface area contributed by atoms with Crippen molar-refractivity contribution in [3.8, 4) is 6.07 Å². The van der Waals surface area contributed by atoms with E-state index in [1.807, 2.05) is 35.2 Å². The van der Waals surface area contributed by atoms with Gasteiger partial charge in [0.25, 0.3) is 5.91 Å². The van der Waals surface area contributed by atoms with E-state index >= 15 is 0 Å². The second-order valence-electron chi connectivity index (χ2n) is 9.55. The van der Waals surface area contributed by atoms with Crippen molar-refractivity contribution in [2.75, 3.05) is 51.1 Å². The molecule has 1 aliphatic heterocycles. The van der Waals surface area contributed by atoms with Crippen molar-refractivity contribution >= 4 is 33.3 Å². The molecule has 4 aromatic rings. The molecule has 1 saturated heterocycles. The molecule has 1 fully saturated rings. The van der Waals surface area contributed by atoms with Gasteiger partial charge in [-0.2, -0.15) is 5.26 Å². The minimum atomic E-state index is 0.109. The first-order valence-corrected chi connectivity index (χ1v) is 12.9. The Labute approximate surface area is 217 Å². The van der Waals surface area contributed by atoms with Gasteiger partial charge in [0, 0.05) is 55.6 Å². The number of rotatable bonds is 8. The van der Waals surface area contributed by atoms with E-state index in [-0.39, 0.29) is 5.91 Å². The molecule has 188 valence electrons. The molecular weight excluding hydrogens is 460 g/mol. The van der Waals surface area contributed by atoms with Crippen molar-refractivity contribution in [2.45, 2.75) is 12.8 Å². The first-order valence-electron chi connectivity index (χ1n) is 12.9. The maximum absolute atomic E-state index is 13.1. The third-order valence-electron chi connectivity index (χ3n) is 7.09. The lowest BCUT2D eigenvalue weighted by molar-refractivity contribution is 0.0637. The average Bonchev–Trinajstić information content (AvgIpc) is 2.95. The Morgan fingerprint density at radius 3 is 2.62 bits per heavy atom. The zero-order valence-electron chi connectivity index (χ0n) is 21.0. The molecule has 0 radical (unpaired) electrons. The predicted octanol–water partition coefficient (Wildman–Crippen LogP) is 4.02. The molecule has 1 aromatic heterocycles. The summed E-state index contributed by atoms with van der Waals surface area (Å²) < 4.78 is 0. The van der Waals surface area contributed by atoms with Crippen LogP contribution in [0.25, 0.3) is 21.7 Å². The summed E-state index contributed by atoms with van der Waals surface area (Å²) in [5.41, 5.74) is 10.1. The molecule has 1 amide bonds. The van der Waals surface area contributed by atoms with Gasteiger partial charge in [0.2, 0.25) is 0 Å². The van der Waals surface area contributed by atoms with Gasteiger partial charge in [0.15, 0.2) is 0 Å². The highest BCUT2D eigenvalue weighted by Gasteiger charge is 2.22. The van der Waals surface area contributed by atoms with Crippen LogP contribution in [0, 0.1) is 11.3 Å². The van der Waals surface area contributed by atoms with Gasteiger partial charge in [-0.1, -0.05) is 24.3 Å². The van der Waals surface area contributed by atoms with Crippen molar-refractivity contribution in [3.63, 3.8) is 0 Å². The SMILES string of the molecule is N#Cc1ccc2nccc(NCCc3ccc4cc(C(=O)N5CCN(CCCN)CC5)ccc4c3)c2c1. The summed E-state index contributed by atoms with van der Waals surface area (Å²) in [5.74, 6) is 0.109. The number of anilines is 1. The van der Waals surface area contributed by atoms with E-state index in [0.29, 0.717) is 12.1 Å². The lowest BCUT2D eigenvalue weighted by atomic mass is 10.0. The van der Waals surface area contributed by atoms with Gasteiger partial charge in [-0.05, 0) is 78.7 Å². The number of nitriles is 1. The molecule has 5 rings (SSSR count). The predicted molar refractivity (Wildman–Crippen MR) is 149 cm³/mol. The second kappa shape index (κ2) is 11.4. The quantitative estimate of drug-likeness (QED) is 0.386. The van der Waals surface area contributed by atoms with Crippen molar-refractivity contribution in [3.05, 3.63) is 83.6 Å². The lowest BCUT2D eigenvalue weighted by Gasteiger charge is -2.34. The summed E-state index contributed by atoms with van der Waals surface area (Å²) >= 11 is 0. The number of carbonyl (C=O) groups excluding carboxylic acids is 1. The largest absolute Gasteiger partial charge is 0.384 e. The Hall–Kier alpha value is -3.99. The van der Waals surface area contributed by atoms with Crippen molar-refractivity contribution in [1.82, 2.24) is 14.8 Å². The maximum Gasteiger partial charge on any atom is 0.253 e. The number of nitrogens with zero attached hydrogens (tertiary/aromatic N) is 4. The van der Waals surface area contributed by atoms with Crippen molar-refractivity contribution in [2.24, 2.45) is 5.73 Å². The zero-order valence-corrected chi connectivity index (χ0v) is 21.0. The number of nitrogens with one attached hydrogen (secondary N) is 1. The summed E-state index contributed by atoms with van der Waals surface area (Å²) in [7, 11) is 0. The van der Waals surface area contributed by atoms with Crippen LogP contribution in [0.2, 0.25) is 0 Å². The molecule has 7 heteroatoms. The molecule has 1 aliphatic rings. The van der Waals surface area contributed by atoms with Crippen LogP contribution in [0.15, 0.2) is 66.9 Å². The molecule has 0 bridgehead atoms. The minimum absolute atomic E-state index is 0.109. The number of amides is 1. The monoisotopic (exact) mass is 492 g/mol. The fraction of sp³-hybridized carbons (Fsp3) is 0.300. The number of hydrogen-bond donors (Lipinski definition) is 2. The van der Waals surface area contributed by atoms with Crippen LogP contribution < -0.4 is 11.1 Å². The Balaban J connectivity index is 1.21. The molecule has 0 atom stereocenters. The minimum Gasteiger partial charge on any atom is -0.384 e. The van der Waals surface area contributed by atoms with Crippen LogP contribution in [-0.4, -0.2) is 66.5 Å². The fourth-order valence-corrected chi connectivity index (χ4v) is 4.97. The Morgan fingerprint density at radius 2 is 1.81 bits per heavy atom. The molecule has 3 N–H and O–H groups in total. The van der Waals surface area contributed by atoms with Crippen LogP contribution in [0.5, 0.6) is 0 Å². The third kappa shape index (κ3) is 5.72. The van der Waals surface area contributed by atoms with E-state index in [1.165, 1.54) is 5.56 Å². The number of piperazine rings is 1. The second-order valence-corrected chi connectivity index (χ2v) is 9.55. The smallest absolute Gasteiger partial charge is 0.253 e. The highest BCUT2D eigenvalue weighted by atomic mass is 16.2. The number of benzene rings is 3. The molecule has 0 saturated carbocycles. The molecule has 0 unspecified atom stereocenters. The Kier molecular flexibility index (Phi) is 7.59. The highest BCUT2D eigenvalue weighted by Crippen LogP contribution is 2.24. The molecule has 0 spiro atoms. The van der Waals surface area contributed by atoms with Crippen LogP contribution in [0.3, 0.4) is 0 Å². The summed E-state index contributed by atoms with van der Waals surface area (Å²) in [6.45, 7) is 5.82. The third-order valence-corrected chi connectivity index (χ3v) is 7.09. The van der Waals surface area contributed by atoms with Gasteiger partial charge in [-0.15, -0.1) is 0 Å². The van der Waals surface area contributed by atoms with E-state index in [2.05, 4.69) is 45.5 Å². The van der Waals surface area contributed by atoms with Gasteiger partial charge in [-0.25, -0.2) is 0 Å². The number of hydrogen-bond acceptors (Lipinski definition) is 6. The van der Waals surface area contributed by atoms with Crippen LogP contribution in [-0.2, 0) is 6.42 Å². The average molecular weight is 493 g/mol. The fourth-order valence-electron chi connectivity index (χ4n) is 4.97. The molecule has 2 heterocycles. The summed E-state index contributed by atoms with van der Waals surface area (Å²) in [4.78, 5) is 21.8. The van der Waals surface area contributed by atoms with Gasteiger partial charge >= 0.3 is 0 Å². The molecule has 3 aromatic carbocycles. The first kappa shape index (κ1) is 24.7. The summed E-state index contributed by atoms with van der Waals surface area (Å²) in [6, 6.07) is 22.1. The first-order chi connectivity index (χ1) is 18.1. The molecular formula is C30H32N6O. The van der Waals surface area contributed by atoms with Crippen LogP contribution >= 0.6 is 0 Å².